The number of carbonyl (C=O) groups excluding carboxylic acids is 1. The van der Waals surface area contributed by atoms with Gasteiger partial charge in [0, 0.05) is 18.8 Å². The number of nitrogens with one attached hydrogen (secondary N) is 1. The predicted molar refractivity (Wildman–Crippen MR) is 90.3 cm³/mol. The molecule has 1 aromatic heterocycles. The summed E-state index contributed by atoms with van der Waals surface area (Å²) in [5.41, 5.74) is 1.05. The maximum Gasteiger partial charge on any atom is 0.276 e. The monoisotopic (exact) mass is 338 g/mol. The van der Waals surface area contributed by atoms with Gasteiger partial charge >= 0.3 is 0 Å². The average molecular weight is 339 g/mol. The van der Waals surface area contributed by atoms with Crippen molar-refractivity contribution in [2.45, 2.75) is 51.6 Å². The molecule has 1 saturated carbocycles. The number of carbonyl (C=O) groups is 1. The number of amides is 1. The van der Waals surface area contributed by atoms with Crippen LogP contribution in [0.1, 0.15) is 44.7 Å². The Balaban J connectivity index is 1.83. The molecule has 3 rings (SSSR count). The highest BCUT2D eigenvalue weighted by atomic mass is 35.5. The second kappa shape index (κ2) is 6.38. The first kappa shape index (κ1) is 15.5. The van der Waals surface area contributed by atoms with Crippen molar-refractivity contribution < 1.29 is 4.79 Å². The largest absolute Gasteiger partial charge is 0.328 e. The van der Waals surface area contributed by atoms with Crippen LogP contribution in [-0.4, -0.2) is 31.7 Å². The quantitative estimate of drug-likeness (QED) is 0.680. The summed E-state index contributed by atoms with van der Waals surface area (Å²) < 4.78 is 1.74. The van der Waals surface area contributed by atoms with Gasteiger partial charge in [0.25, 0.3) is 5.91 Å². The standard InChI is InChI=1S/C15H19ClN4OS/c1-2-19-9-11(16)12(18-19)8-13-14(21)20(15(22)17-13)10-6-4-3-5-7-10/h8-10H,2-7H2,1H3,(H,17,22)/b13-8+. The van der Waals surface area contributed by atoms with Crippen LogP contribution in [0.3, 0.4) is 0 Å². The van der Waals surface area contributed by atoms with Crippen molar-refractivity contribution in [3.8, 4) is 0 Å². The van der Waals surface area contributed by atoms with E-state index in [2.05, 4.69) is 10.4 Å². The molecule has 5 nitrogen and oxygen atoms in total. The molecule has 1 saturated heterocycles. The molecule has 118 valence electrons. The summed E-state index contributed by atoms with van der Waals surface area (Å²) in [6.07, 6.45) is 9.03. The molecule has 0 aromatic carbocycles. The van der Waals surface area contributed by atoms with E-state index in [-0.39, 0.29) is 11.9 Å². The fourth-order valence-electron chi connectivity index (χ4n) is 3.03. The van der Waals surface area contributed by atoms with Gasteiger partial charge in [-0.3, -0.25) is 14.4 Å². The van der Waals surface area contributed by atoms with Gasteiger partial charge in [-0.25, -0.2) is 0 Å². The smallest absolute Gasteiger partial charge is 0.276 e. The predicted octanol–water partition coefficient (Wildman–Crippen LogP) is 2.95. The highest BCUT2D eigenvalue weighted by molar-refractivity contribution is 7.80. The summed E-state index contributed by atoms with van der Waals surface area (Å²) in [5, 5.41) is 8.39. The molecule has 7 heteroatoms. The van der Waals surface area contributed by atoms with Gasteiger partial charge in [-0.15, -0.1) is 0 Å². The summed E-state index contributed by atoms with van der Waals surface area (Å²) in [5.74, 6) is -0.0704. The van der Waals surface area contributed by atoms with Crippen LogP contribution in [0, 0.1) is 0 Å². The number of hydrogen-bond acceptors (Lipinski definition) is 3. The van der Waals surface area contributed by atoms with Crippen molar-refractivity contribution in [2.24, 2.45) is 0 Å². The van der Waals surface area contributed by atoms with Gasteiger partial charge in [0.1, 0.15) is 11.4 Å². The Morgan fingerprint density at radius 2 is 2.18 bits per heavy atom. The minimum absolute atomic E-state index is 0.0704. The van der Waals surface area contributed by atoms with Crippen molar-refractivity contribution in [3.63, 3.8) is 0 Å². The third-order valence-electron chi connectivity index (χ3n) is 4.20. The van der Waals surface area contributed by atoms with E-state index in [1.807, 2.05) is 6.92 Å². The van der Waals surface area contributed by atoms with Gasteiger partial charge in [0.2, 0.25) is 0 Å². The third kappa shape index (κ3) is 2.90. The van der Waals surface area contributed by atoms with E-state index in [0.717, 1.165) is 32.2 Å². The molecule has 0 atom stereocenters. The van der Waals surface area contributed by atoms with Crippen molar-refractivity contribution in [3.05, 3.63) is 22.6 Å². The Morgan fingerprint density at radius 1 is 1.45 bits per heavy atom. The molecule has 1 N–H and O–H groups in total. The van der Waals surface area contributed by atoms with Gasteiger partial charge in [-0.2, -0.15) is 5.10 Å². The van der Waals surface area contributed by atoms with Crippen molar-refractivity contribution in [2.75, 3.05) is 0 Å². The van der Waals surface area contributed by atoms with Gasteiger partial charge in [0.15, 0.2) is 5.11 Å². The molecule has 0 bridgehead atoms. The Hall–Kier alpha value is -1.40. The lowest BCUT2D eigenvalue weighted by Gasteiger charge is -2.29. The van der Waals surface area contributed by atoms with Crippen molar-refractivity contribution in [1.29, 1.82) is 0 Å². The van der Waals surface area contributed by atoms with Crippen LogP contribution in [-0.2, 0) is 11.3 Å². The van der Waals surface area contributed by atoms with E-state index in [4.69, 9.17) is 23.8 Å². The lowest BCUT2D eigenvalue weighted by molar-refractivity contribution is -0.124. The zero-order valence-electron chi connectivity index (χ0n) is 12.5. The van der Waals surface area contributed by atoms with Crippen LogP contribution in [0.15, 0.2) is 11.9 Å². The number of aryl methyl sites for hydroxylation is 1. The molecule has 1 amide bonds. The molecule has 22 heavy (non-hydrogen) atoms. The van der Waals surface area contributed by atoms with E-state index in [1.165, 1.54) is 6.42 Å². The highest BCUT2D eigenvalue weighted by Gasteiger charge is 2.36. The fourth-order valence-corrected chi connectivity index (χ4v) is 3.58. The Labute approximate surface area is 140 Å². The first-order valence-corrected chi connectivity index (χ1v) is 8.48. The molecule has 2 heterocycles. The number of halogens is 1. The van der Waals surface area contributed by atoms with Crippen LogP contribution in [0.2, 0.25) is 5.02 Å². The molecular weight excluding hydrogens is 320 g/mol. The van der Waals surface area contributed by atoms with Crippen LogP contribution in [0.25, 0.3) is 6.08 Å². The minimum atomic E-state index is -0.0704. The molecular formula is C15H19ClN4OS. The lowest BCUT2D eigenvalue weighted by Crippen LogP contribution is -2.41. The van der Waals surface area contributed by atoms with Crippen LogP contribution < -0.4 is 5.32 Å². The zero-order valence-corrected chi connectivity index (χ0v) is 14.1. The second-order valence-corrected chi connectivity index (χ2v) is 6.47. The van der Waals surface area contributed by atoms with Crippen LogP contribution >= 0.6 is 23.8 Å². The number of thiocarbonyl (C=S) groups is 1. The van der Waals surface area contributed by atoms with Gasteiger partial charge in [-0.05, 0) is 38.1 Å². The van der Waals surface area contributed by atoms with Crippen molar-refractivity contribution >= 4 is 40.9 Å². The first-order valence-electron chi connectivity index (χ1n) is 7.69. The molecule has 1 aliphatic heterocycles. The van der Waals surface area contributed by atoms with Crippen molar-refractivity contribution in [1.82, 2.24) is 20.0 Å². The van der Waals surface area contributed by atoms with Crippen LogP contribution in [0.4, 0.5) is 0 Å². The van der Waals surface area contributed by atoms with Gasteiger partial charge in [-0.1, -0.05) is 30.9 Å². The fraction of sp³-hybridized carbons (Fsp3) is 0.533. The summed E-state index contributed by atoms with van der Waals surface area (Å²) in [6.45, 7) is 2.72. The lowest BCUT2D eigenvalue weighted by atomic mass is 9.94. The molecule has 0 radical (unpaired) electrons. The Morgan fingerprint density at radius 3 is 2.82 bits per heavy atom. The maximum atomic E-state index is 12.6. The Kier molecular flexibility index (Phi) is 4.49. The maximum absolute atomic E-state index is 12.6. The topological polar surface area (TPSA) is 50.2 Å². The van der Waals surface area contributed by atoms with Gasteiger partial charge in [0.05, 0.1) is 5.02 Å². The summed E-state index contributed by atoms with van der Waals surface area (Å²) in [6, 6.07) is 0.218. The normalized spacial score (nSPS) is 21.7. The van der Waals surface area contributed by atoms with Gasteiger partial charge < -0.3 is 5.32 Å². The molecule has 1 aromatic rings. The Bertz CT molecular complexity index is 633. The van der Waals surface area contributed by atoms with E-state index in [1.54, 1.807) is 21.9 Å². The summed E-state index contributed by atoms with van der Waals surface area (Å²) in [7, 11) is 0. The molecule has 0 spiro atoms. The molecule has 0 unspecified atom stereocenters. The van der Waals surface area contributed by atoms with E-state index < -0.39 is 0 Å². The minimum Gasteiger partial charge on any atom is -0.328 e. The number of hydrogen-bond donors (Lipinski definition) is 1. The zero-order chi connectivity index (χ0) is 15.7. The average Bonchev–Trinajstić information content (AvgIpc) is 3.01. The first-order chi connectivity index (χ1) is 10.6. The highest BCUT2D eigenvalue weighted by Crippen LogP contribution is 2.27. The van der Waals surface area contributed by atoms with E-state index in [0.29, 0.717) is 21.5 Å². The van der Waals surface area contributed by atoms with Crippen LogP contribution in [0.5, 0.6) is 0 Å². The van der Waals surface area contributed by atoms with E-state index >= 15 is 0 Å². The molecule has 2 fully saturated rings. The number of nitrogens with zero attached hydrogens (tertiary/aromatic N) is 3. The summed E-state index contributed by atoms with van der Waals surface area (Å²) in [4.78, 5) is 14.4. The third-order valence-corrected chi connectivity index (χ3v) is 4.79. The SMILES string of the molecule is CCn1cc(Cl)c(/C=C2/NC(=S)N(C3CCCCC3)C2=O)n1. The molecule has 1 aliphatic carbocycles. The summed E-state index contributed by atoms with van der Waals surface area (Å²) >= 11 is 11.5. The molecule has 2 aliphatic rings. The second-order valence-electron chi connectivity index (χ2n) is 5.67. The number of rotatable bonds is 3. The van der Waals surface area contributed by atoms with E-state index in [9.17, 15) is 4.79 Å². The number of aromatic nitrogens is 2.